The van der Waals surface area contributed by atoms with Crippen LogP contribution in [0.25, 0.3) is 0 Å². The van der Waals surface area contributed by atoms with Crippen LogP contribution in [-0.2, 0) is 0 Å². The molecule has 0 spiro atoms. The summed E-state index contributed by atoms with van der Waals surface area (Å²) < 4.78 is 0. The van der Waals surface area contributed by atoms with Crippen molar-refractivity contribution >= 4 is 0 Å². The van der Waals surface area contributed by atoms with Gasteiger partial charge in [-0.25, -0.2) is 0 Å². The van der Waals surface area contributed by atoms with E-state index in [1.54, 1.807) is 13.8 Å². The number of rotatable bonds is 6. The highest BCUT2D eigenvalue weighted by molar-refractivity contribution is 4.88. The summed E-state index contributed by atoms with van der Waals surface area (Å²) in [5.41, 5.74) is 4.95. The van der Waals surface area contributed by atoms with E-state index < -0.39 is 17.7 Å². The number of likely N-dealkylation sites (N-methyl/N-ethyl adjacent to an activating group) is 1. The van der Waals surface area contributed by atoms with E-state index in [2.05, 4.69) is 4.90 Å². The minimum atomic E-state index is -0.886. The van der Waals surface area contributed by atoms with Gasteiger partial charge < -0.3 is 20.8 Å². The first-order chi connectivity index (χ1) is 6.32. The van der Waals surface area contributed by atoms with E-state index in [4.69, 9.17) is 5.73 Å². The monoisotopic (exact) mass is 204 g/mol. The molecule has 0 saturated carbocycles. The summed E-state index contributed by atoms with van der Waals surface area (Å²) in [6.07, 6.45) is -1.67. The van der Waals surface area contributed by atoms with E-state index in [9.17, 15) is 10.2 Å². The van der Waals surface area contributed by atoms with E-state index in [1.807, 2.05) is 13.8 Å². The van der Waals surface area contributed by atoms with Crippen LogP contribution >= 0.6 is 0 Å². The number of nitrogens with two attached hydrogens (primary N) is 1. The average molecular weight is 204 g/mol. The number of hydrogen-bond donors (Lipinski definition) is 3. The predicted octanol–water partition coefficient (Wildman–Crippen LogP) is -0.213. The van der Waals surface area contributed by atoms with Crippen LogP contribution in [0.3, 0.4) is 0 Å². The van der Waals surface area contributed by atoms with Crippen molar-refractivity contribution in [2.45, 2.75) is 45.4 Å². The Morgan fingerprint density at radius 1 is 1.21 bits per heavy atom. The number of hydrogen-bond acceptors (Lipinski definition) is 4. The Hall–Kier alpha value is -0.160. The van der Waals surface area contributed by atoms with E-state index >= 15 is 0 Å². The lowest BCUT2D eigenvalue weighted by molar-refractivity contribution is -0.0334. The number of aliphatic hydroxyl groups excluding tert-OH is 2. The molecule has 0 radical (unpaired) electrons. The second kappa shape index (κ2) is 5.66. The summed E-state index contributed by atoms with van der Waals surface area (Å²) in [6.45, 7) is 9.67. The Morgan fingerprint density at radius 2 is 1.64 bits per heavy atom. The fourth-order valence-electron chi connectivity index (χ4n) is 1.34. The average Bonchev–Trinajstić information content (AvgIpc) is 2.11. The summed E-state index contributed by atoms with van der Waals surface area (Å²) in [4.78, 5) is 2.06. The maximum Gasteiger partial charge on any atom is 0.0985 e. The molecule has 0 aromatic carbocycles. The Labute approximate surface area is 86.7 Å². The Morgan fingerprint density at radius 3 is 1.93 bits per heavy atom. The molecule has 86 valence electrons. The van der Waals surface area contributed by atoms with Crippen molar-refractivity contribution in [3.05, 3.63) is 0 Å². The molecule has 0 aliphatic heterocycles. The minimum Gasteiger partial charge on any atom is -0.389 e. The molecule has 0 aliphatic carbocycles. The molecular weight excluding hydrogens is 180 g/mol. The Kier molecular flexibility index (Phi) is 5.59. The molecule has 2 atom stereocenters. The van der Waals surface area contributed by atoms with Crippen LogP contribution in [0, 0.1) is 0 Å². The van der Waals surface area contributed by atoms with Crippen molar-refractivity contribution in [1.29, 1.82) is 0 Å². The van der Waals surface area contributed by atoms with Crippen LogP contribution in [0.15, 0.2) is 0 Å². The largest absolute Gasteiger partial charge is 0.389 e. The maximum atomic E-state index is 9.71. The zero-order valence-corrected chi connectivity index (χ0v) is 9.70. The van der Waals surface area contributed by atoms with Gasteiger partial charge in [0.05, 0.1) is 12.2 Å². The zero-order chi connectivity index (χ0) is 11.4. The van der Waals surface area contributed by atoms with Crippen LogP contribution < -0.4 is 5.73 Å². The summed E-state index contributed by atoms with van der Waals surface area (Å²) in [7, 11) is 0. The Bertz CT molecular complexity index is 153. The molecular formula is C10H24N2O2. The van der Waals surface area contributed by atoms with E-state index in [0.29, 0.717) is 6.54 Å². The highest BCUT2D eigenvalue weighted by atomic mass is 16.3. The van der Waals surface area contributed by atoms with Gasteiger partial charge in [-0.2, -0.15) is 0 Å². The molecule has 14 heavy (non-hydrogen) atoms. The highest BCUT2D eigenvalue weighted by Gasteiger charge is 2.30. The molecule has 0 bridgehead atoms. The van der Waals surface area contributed by atoms with Crippen LogP contribution in [-0.4, -0.2) is 52.5 Å². The smallest absolute Gasteiger partial charge is 0.0985 e. The van der Waals surface area contributed by atoms with Crippen molar-refractivity contribution in [2.75, 3.05) is 19.6 Å². The number of nitrogens with zero attached hydrogens (tertiary/aromatic N) is 1. The molecule has 0 aromatic heterocycles. The summed E-state index contributed by atoms with van der Waals surface area (Å²) in [5, 5.41) is 19.4. The first kappa shape index (κ1) is 13.8. The molecule has 4 nitrogen and oxygen atoms in total. The lowest BCUT2D eigenvalue weighted by atomic mass is 9.94. The fraction of sp³-hybridized carbons (Fsp3) is 1.00. The van der Waals surface area contributed by atoms with Gasteiger partial charge in [-0.1, -0.05) is 13.8 Å². The van der Waals surface area contributed by atoms with Crippen LogP contribution in [0.5, 0.6) is 0 Å². The molecule has 0 fully saturated rings. The van der Waals surface area contributed by atoms with E-state index in [0.717, 1.165) is 13.1 Å². The van der Waals surface area contributed by atoms with Crippen molar-refractivity contribution in [3.8, 4) is 0 Å². The molecule has 0 amide bonds. The topological polar surface area (TPSA) is 69.7 Å². The maximum absolute atomic E-state index is 9.71. The number of aliphatic hydroxyl groups is 2. The second-order valence-corrected chi connectivity index (χ2v) is 4.32. The fourth-order valence-corrected chi connectivity index (χ4v) is 1.34. The molecule has 0 rings (SSSR count). The third-order valence-electron chi connectivity index (χ3n) is 2.47. The van der Waals surface area contributed by atoms with Crippen LogP contribution in [0.1, 0.15) is 27.7 Å². The van der Waals surface area contributed by atoms with Gasteiger partial charge in [0.15, 0.2) is 0 Å². The van der Waals surface area contributed by atoms with Gasteiger partial charge in [0.2, 0.25) is 0 Å². The van der Waals surface area contributed by atoms with Crippen molar-refractivity contribution < 1.29 is 10.2 Å². The van der Waals surface area contributed by atoms with E-state index in [1.165, 1.54) is 0 Å². The van der Waals surface area contributed by atoms with Crippen molar-refractivity contribution in [2.24, 2.45) is 5.73 Å². The van der Waals surface area contributed by atoms with E-state index in [-0.39, 0.29) is 0 Å². The third-order valence-corrected chi connectivity index (χ3v) is 2.47. The van der Waals surface area contributed by atoms with Gasteiger partial charge in [-0.3, -0.25) is 0 Å². The Balaban J connectivity index is 4.13. The van der Waals surface area contributed by atoms with Crippen LogP contribution in [0.2, 0.25) is 0 Å². The van der Waals surface area contributed by atoms with Gasteiger partial charge in [-0.05, 0) is 26.9 Å². The van der Waals surface area contributed by atoms with Gasteiger partial charge in [0.1, 0.15) is 0 Å². The molecule has 0 aliphatic rings. The molecule has 0 saturated heterocycles. The normalized spacial score (nSPS) is 17.1. The molecule has 2 unspecified atom stereocenters. The van der Waals surface area contributed by atoms with Gasteiger partial charge in [0, 0.05) is 12.1 Å². The summed E-state index contributed by atoms with van der Waals surface area (Å²) in [5.74, 6) is 0. The van der Waals surface area contributed by atoms with Crippen LogP contribution in [0.4, 0.5) is 0 Å². The second-order valence-electron chi connectivity index (χ2n) is 4.32. The standard InChI is InChI=1S/C10H24N2O2/c1-5-12(6-2)7-8(13)9(14)10(3,4)11/h8-9,13-14H,5-7,11H2,1-4H3. The SMILES string of the molecule is CCN(CC)CC(O)C(O)C(C)(C)N. The van der Waals surface area contributed by atoms with Gasteiger partial charge >= 0.3 is 0 Å². The van der Waals surface area contributed by atoms with Gasteiger partial charge in [0.25, 0.3) is 0 Å². The molecule has 0 heterocycles. The third kappa shape index (κ3) is 4.37. The first-order valence-electron chi connectivity index (χ1n) is 5.20. The minimum absolute atomic E-state index is 0.467. The first-order valence-corrected chi connectivity index (χ1v) is 5.20. The molecule has 0 aromatic rings. The quantitative estimate of drug-likeness (QED) is 0.560. The van der Waals surface area contributed by atoms with Crippen molar-refractivity contribution in [1.82, 2.24) is 4.90 Å². The summed E-state index contributed by atoms with van der Waals surface area (Å²) >= 11 is 0. The molecule has 4 N–H and O–H groups in total. The lowest BCUT2D eigenvalue weighted by Gasteiger charge is -2.32. The predicted molar refractivity (Wildman–Crippen MR) is 58.1 cm³/mol. The lowest BCUT2D eigenvalue weighted by Crippen LogP contribution is -2.54. The summed E-state index contributed by atoms with van der Waals surface area (Å²) in [6, 6.07) is 0. The zero-order valence-electron chi connectivity index (χ0n) is 9.70. The highest BCUT2D eigenvalue weighted by Crippen LogP contribution is 2.10. The van der Waals surface area contributed by atoms with Crippen molar-refractivity contribution in [3.63, 3.8) is 0 Å². The molecule has 4 heteroatoms. The van der Waals surface area contributed by atoms with Gasteiger partial charge in [-0.15, -0.1) is 0 Å².